The summed E-state index contributed by atoms with van der Waals surface area (Å²) in [5.74, 6) is 0.000297. The highest BCUT2D eigenvalue weighted by Gasteiger charge is 2.32. The lowest BCUT2D eigenvalue weighted by Gasteiger charge is -2.37. The number of amides is 1. The molecule has 1 aromatic rings. The first-order valence-electron chi connectivity index (χ1n) is 9.03. The first-order chi connectivity index (χ1) is 12.3. The second kappa shape index (κ2) is 7.73. The zero-order chi connectivity index (χ0) is 18.7. The quantitative estimate of drug-likeness (QED) is 0.859. The number of hydrogen-bond donors (Lipinski definition) is 2. The average molecular weight is 370 g/mol. The molecule has 0 radical (unpaired) electrons. The van der Waals surface area contributed by atoms with Crippen molar-refractivity contribution in [1.82, 2.24) is 10.2 Å². The van der Waals surface area contributed by atoms with Crippen LogP contribution in [0, 0.1) is 0 Å². The van der Waals surface area contributed by atoms with E-state index in [2.05, 4.69) is 10.6 Å². The Balaban J connectivity index is 1.83. The van der Waals surface area contributed by atoms with Gasteiger partial charge in [0.2, 0.25) is 5.91 Å². The molecule has 8 heteroatoms. The summed E-state index contributed by atoms with van der Waals surface area (Å²) >= 11 is 0. The number of nitrogens with one attached hydrogen (secondary N) is 2. The fourth-order valence-electron chi connectivity index (χ4n) is 3.55. The number of rotatable bonds is 3. The third-order valence-electron chi connectivity index (χ3n) is 5.05. The molecule has 2 heterocycles. The first kappa shape index (κ1) is 18.8. The molecule has 0 spiro atoms. The Labute approximate surface area is 151 Å². The maximum absolute atomic E-state index is 13.2. The normalized spacial score (nSPS) is 21.6. The second-order valence-corrected chi connectivity index (χ2v) is 6.91. The molecule has 1 amide bonds. The molecule has 2 N–H and O–H groups in total. The van der Waals surface area contributed by atoms with Crippen molar-refractivity contribution in [1.29, 1.82) is 0 Å². The molecule has 0 saturated carbocycles. The molecule has 1 aromatic carbocycles. The predicted molar refractivity (Wildman–Crippen MR) is 95.4 cm³/mol. The summed E-state index contributed by atoms with van der Waals surface area (Å²) in [5, 5.41) is 6.72. The molecule has 26 heavy (non-hydrogen) atoms. The first-order valence-corrected chi connectivity index (χ1v) is 9.03. The highest BCUT2D eigenvalue weighted by atomic mass is 19.4. The highest BCUT2D eigenvalue weighted by Crippen LogP contribution is 2.36. The van der Waals surface area contributed by atoms with Crippen LogP contribution in [0.3, 0.4) is 0 Å². The molecule has 144 valence electrons. The van der Waals surface area contributed by atoms with Crippen LogP contribution in [-0.2, 0) is 11.0 Å². The molecule has 2 aliphatic heterocycles. The van der Waals surface area contributed by atoms with Gasteiger partial charge in [0.25, 0.3) is 0 Å². The van der Waals surface area contributed by atoms with Crippen molar-refractivity contribution in [2.45, 2.75) is 32.0 Å². The molecule has 3 rings (SSSR count). The van der Waals surface area contributed by atoms with Gasteiger partial charge in [0.15, 0.2) is 0 Å². The summed E-state index contributed by atoms with van der Waals surface area (Å²) in [6, 6.07) is 4.10. The maximum Gasteiger partial charge on any atom is 0.416 e. The van der Waals surface area contributed by atoms with Crippen molar-refractivity contribution in [3.63, 3.8) is 0 Å². The summed E-state index contributed by atoms with van der Waals surface area (Å²) in [6.07, 6.45) is -2.34. The number of nitrogens with zero attached hydrogens (tertiary/aromatic N) is 2. The molecular weight excluding hydrogens is 345 g/mol. The maximum atomic E-state index is 13.2. The number of hydrogen-bond acceptors (Lipinski definition) is 4. The number of piperidine rings is 1. The van der Waals surface area contributed by atoms with Gasteiger partial charge in [-0.15, -0.1) is 0 Å². The molecule has 2 fully saturated rings. The number of halogens is 3. The molecule has 5 nitrogen and oxygen atoms in total. The minimum absolute atomic E-state index is 0.000297. The van der Waals surface area contributed by atoms with E-state index in [0.717, 1.165) is 37.7 Å². The summed E-state index contributed by atoms with van der Waals surface area (Å²) in [7, 11) is 0. The molecule has 0 bridgehead atoms. The van der Waals surface area contributed by atoms with Gasteiger partial charge in [-0.3, -0.25) is 4.79 Å². The van der Waals surface area contributed by atoms with E-state index in [9.17, 15) is 18.0 Å². The third-order valence-corrected chi connectivity index (χ3v) is 5.05. The van der Waals surface area contributed by atoms with E-state index in [1.54, 1.807) is 4.90 Å². The van der Waals surface area contributed by atoms with Crippen LogP contribution in [0.25, 0.3) is 0 Å². The van der Waals surface area contributed by atoms with Crippen LogP contribution >= 0.6 is 0 Å². The Morgan fingerprint density at radius 2 is 1.96 bits per heavy atom. The smallest absolute Gasteiger partial charge is 0.379 e. The monoisotopic (exact) mass is 370 g/mol. The van der Waals surface area contributed by atoms with E-state index in [1.165, 1.54) is 19.1 Å². The summed E-state index contributed by atoms with van der Waals surface area (Å²) in [6.45, 7) is 5.40. The predicted octanol–water partition coefficient (Wildman–Crippen LogP) is 2.54. The zero-order valence-corrected chi connectivity index (χ0v) is 14.9. The molecule has 0 aromatic heterocycles. The SMILES string of the molecule is CC(=O)N1CCN(c2cc(C(F)(F)F)ccc2N[C@@H]2CCCNC2)CC1. The molecule has 0 aliphatic carbocycles. The summed E-state index contributed by atoms with van der Waals surface area (Å²) < 4.78 is 39.6. The Bertz CT molecular complexity index is 636. The zero-order valence-electron chi connectivity index (χ0n) is 14.9. The van der Waals surface area contributed by atoms with Gasteiger partial charge in [0.1, 0.15) is 0 Å². The number of piperazine rings is 1. The fraction of sp³-hybridized carbons (Fsp3) is 0.611. The average Bonchev–Trinajstić information content (AvgIpc) is 2.62. The van der Waals surface area contributed by atoms with Crippen LogP contribution in [0.5, 0.6) is 0 Å². The van der Waals surface area contributed by atoms with Gasteiger partial charge in [-0.05, 0) is 37.6 Å². The molecule has 1 atom stereocenters. The van der Waals surface area contributed by atoms with Gasteiger partial charge in [-0.1, -0.05) is 0 Å². The largest absolute Gasteiger partial charge is 0.416 e. The van der Waals surface area contributed by atoms with Crippen molar-refractivity contribution < 1.29 is 18.0 Å². The number of carbonyl (C=O) groups is 1. The Morgan fingerprint density at radius 3 is 2.54 bits per heavy atom. The van der Waals surface area contributed by atoms with Crippen LogP contribution < -0.4 is 15.5 Å². The molecular formula is C18H25F3N4O. The van der Waals surface area contributed by atoms with Crippen molar-refractivity contribution in [3.8, 4) is 0 Å². The topological polar surface area (TPSA) is 47.6 Å². The Hall–Kier alpha value is -1.96. The Kier molecular flexibility index (Phi) is 5.60. The van der Waals surface area contributed by atoms with E-state index in [1.807, 2.05) is 4.90 Å². The van der Waals surface area contributed by atoms with E-state index >= 15 is 0 Å². The van der Waals surface area contributed by atoms with Crippen molar-refractivity contribution in [2.24, 2.45) is 0 Å². The van der Waals surface area contributed by atoms with Gasteiger partial charge in [0, 0.05) is 45.7 Å². The van der Waals surface area contributed by atoms with Crippen LogP contribution in [0.1, 0.15) is 25.3 Å². The number of alkyl halides is 3. The van der Waals surface area contributed by atoms with Crippen LogP contribution in [0.15, 0.2) is 18.2 Å². The van der Waals surface area contributed by atoms with Crippen LogP contribution in [0.4, 0.5) is 24.5 Å². The van der Waals surface area contributed by atoms with E-state index < -0.39 is 11.7 Å². The molecule has 2 saturated heterocycles. The van der Waals surface area contributed by atoms with Gasteiger partial charge in [-0.25, -0.2) is 0 Å². The van der Waals surface area contributed by atoms with Gasteiger partial charge in [0.05, 0.1) is 16.9 Å². The lowest BCUT2D eigenvalue weighted by Crippen LogP contribution is -2.48. The number of anilines is 2. The Morgan fingerprint density at radius 1 is 1.23 bits per heavy atom. The minimum Gasteiger partial charge on any atom is -0.379 e. The van der Waals surface area contributed by atoms with Gasteiger partial charge >= 0.3 is 6.18 Å². The third kappa shape index (κ3) is 4.41. The number of carbonyl (C=O) groups excluding carboxylic acids is 1. The fourth-order valence-corrected chi connectivity index (χ4v) is 3.55. The minimum atomic E-state index is -4.37. The van der Waals surface area contributed by atoms with E-state index in [0.29, 0.717) is 31.9 Å². The number of benzene rings is 1. The van der Waals surface area contributed by atoms with Crippen LogP contribution in [0.2, 0.25) is 0 Å². The van der Waals surface area contributed by atoms with Gasteiger partial charge in [-0.2, -0.15) is 13.2 Å². The summed E-state index contributed by atoms with van der Waals surface area (Å²) in [5.41, 5.74) is 0.644. The lowest BCUT2D eigenvalue weighted by atomic mass is 10.1. The molecule has 2 aliphatic rings. The van der Waals surface area contributed by atoms with Gasteiger partial charge < -0.3 is 20.4 Å². The van der Waals surface area contributed by atoms with Crippen LogP contribution in [-0.4, -0.2) is 56.1 Å². The molecule has 0 unspecified atom stereocenters. The summed E-state index contributed by atoms with van der Waals surface area (Å²) in [4.78, 5) is 15.2. The van der Waals surface area contributed by atoms with Crippen molar-refractivity contribution in [3.05, 3.63) is 23.8 Å². The highest BCUT2D eigenvalue weighted by molar-refractivity contribution is 5.75. The van der Waals surface area contributed by atoms with Crippen molar-refractivity contribution >= 4 is 17.3 Å². The second-order valence-electron chi connectivity index (χ2n) is 6.91. The van der Waals surface area contributed by atoms with Crippen molar-refractivity contribution in [2.75, 3.05) is 49.5 Å². The lowest BCUT2D eigenvalue weighted by molar-refractivity contribution is -0.137. The van der Waals surface area contributed by atoms with E-state index in [-0.39, 0.29) is 11.9 Å². The van der Waals surface area contributed by atoms with E-state index in [4.69, 9.17) is 0 Å². The standard InChI is InChI=1S/C18H25F3N4O/c1-13(26)24-7-9-25(10-8-24)17-11-14(18(19,20)21)4-5-16(17)23-15-3-2-6-22-12-15/h4-5,11,15,22-23H,2-3,6-10,12H2,1H3/t15-/m1/s1.